The number of carbonyl (C=O) groups is 3. The van der Waals surface area contributed by atoms with E-state index in [1.54, 1.807) is 24.3 Å². The maximum Gasteiger partial charge on any atom is 0.414 e. The topological polar surface area (TPSA) is 83.9 Å². The van der Waals surface area contributed by atoms with Crippen molar-refractivity contribution >= 4 is 23.5 Å². The molecule has 1 unspecified atom stereocenters. The highest BCUT2D eigenvalue weighted by Crippen LogP contribution is 2.21. The fourth-order valence-electron chi connectivity index (χ4n) is 1.83. The monoisotopic (exact) mass is 263 g/mol. The van der Waals surface area contributed by atoms with Crippen molar-refractivity contribution in [3.8, 4) is 0 Å². The van der Waals surface area contributed by atoms with Gasteiger partial charge < -0.3 is 9.84 Å². The van der Waals surface area contributed by atoms with Crippen LogP contribution in [0, 0.1) is 5.92 Å². The Kier molecular flexibility index (Phi) is 3.50. The highest BCUT2D eigenvalue weighted by atomic mass is 16.6. The molecule has 0 saturated carbocycles. The fourth-order valence-corrected chi connectivity index (χ4v) is 1.83. The molecule has 100 valence electrons. The lowest BCUT2D eigenvalue weighted by atomic mass is 10.1. The smallest absolute Gasteiger partial charge is 0.414 e. The number of nitrogens with zero attached hydrogens (tertiary/aromatic N) is 1. The highest BCUT2D eigenvalue weighted by Gasteiger charge is 2.32. The molecule has 1 atom stereocenters. The minimum absolute atomic E-state index is 0.0631. The Balaban J connectivity index is 2.21. The second-order valence-corrected chi connectivity index (χ2v) is 4.33. The number of ether oxygens (including phenoxy) is 1. The number of carboxylic acids is 1. The van der Waals surface area contributed by atoms with Crippen molar-refractivity contribution in [1.82, 2.24) is 0 Å². The Labute approximate surface area is 109 Å². The molecule has 6 nitrogen and oxygen atoms in total. The predicted octanol–water partition coefficient (Wildman–Crippen LogP) is 1.55. The number of rotatable bonds is 3. The van der Waals surface area contributed by atoms with E-state index in [2.05, 4.69) is 0 Å². The van der Waals surface area contributed by atoms with Crippen molar-refractivity contribution in [2.45, 2.75) is 6.92 Å². The Morgan fingerprint density at radius 2 is 1.95 bits per heavy atom. The number of amides is 1. The molecule has 1 fully saturated rings. The number of Topliss-reactive ketones (excluding diaryl/α,β-unsaturated/α-hetero) is 1. The maximum absolute atomic E-state index is 11.6. The summed E-state index contributed by atoms with van der Waals surface area (Å²) in [5, 5.41) is 8.94. The van der Waals surface area contributed by atoms with E-state index in [9.17, 15) is 14.4 Å². The Hall–Kier alpha value is -2.37. The van der Waals surface area contributed by atoms with Crippen LogP contribution < -0.4 is 4.90 Å². The third-order valence-electron chi connectivity index (χ3n) is 2.97. The van der Waals surface area contributed by atoms with Gasteiger partial charge in [-0.3, -0.25) is 14.5 Å². The quantitative estimate of drug-likeness (QED) is 0.836. The summed E-state index contributed by atoms with van der Waals surface area (Å²) in [6.45, 7) is 1.40. The second kappa shape index (κ2) is 5.09. The number of aliphatic carboxylic acids is 1. The number of cyclic esters (lactones) is 1. The first-order valence-corrected chi connectivity index (χ1v) is 5.77. The van der Waals surface area contributed by atoms with Crippen molar-refractivity contribution in [3.63, 3.8) is 0 Å². The summed E-state index contributed by atoms with van der Waals surface area (Å²) in [7, 11) is 0. The standard InChI is InChI=1S/C13H13NO5/c1-8(15)9-2-4-11(5-3-9)14-6-10(12(16)17)7-19-13(14)18/h2-5,10H,6-7H2,1H3,(H,16,17). The van der Waals surface area contributed by atoms with Crippen LogP contribution in [-0.2, 0) is 9.53 Å². The molecule has 1 aliphatic rings. The van der Waals surface area contributed by atoms with Crippen molar-refractivity contribution in [2.24, 2.45) is 5.92 Å². The van der Waals surface area contributed by atoms with Gasteiger partial charge in [-0.15, -0.1) is 0 Å². The Bertz CT molecular complexity index is 522. The van der Waals surface area contributed by atoms with Gasteiger partial charge in [0.2, 0.25) is 0 Å². The van der Waals surface area contributed by atoms with Crippen molar-refractivity contribution in [3.05, 3.63) is 29.8 Å². The molecule has 0 aromatic heterocycles. The van der Waals surface area contributed by atoms with Gasteiger partial charge in [0.15, 0.2) is 5.78 Å². The number of benzene rings is 1. The van der Waals surface area contributed by atoms with Crippen LogP contribution in [0.15, 0.2) is 24.3 Å². The van der Waals surface area contributed by atoms with Gasteiger partial charge in [0.05, 0.1) is 0 Å². The molecule has 0 aliphatic carbocycles. The van der Waals surface area contributed by atoms with Crippen LogP contribution >= 0.6 is 0 Å². The molecule has 6 heteroatoms. The number of carbonyl (C=O) groups excluding carboxylic acids is 2. The summed E-state index contributed by atoms with van der Waals surface area (Å²) in [5.41, 5.74) is 1.05. The molecule has 0 spiro atoms. The van der Waals surface area contributed by atoms with E-state index in [4.69, 9.17) is 9.84 Å². The molecule has 1 amide bonds. The van der Waals surface area contributed by atoms with Crippen LogP contribution in [0.25, 0.3) is 0 Å². The largest absolute Gasteiger partial charge is 0.481 e. The summed E-state index contributed by atoms with van der Waals surface area (Å²) in [6.07, 6.45) is -0.576. The third-order valence-corrected chi connectivity index (χ3v) is 2.97. The SMILES string of the molecule is CC(=O)c1ccc(N2CC(C(=O)O)COC2=O)cc1. The van der Waals surface area contributed by atoms with Gasteiger partial charge in [-0.2, -0.15) is 0 Å². The molecule has 1 aromatic carbocycles. The normalized spacial score (nSPS) is 18.9. The van der Waals surface area contributed by atoms with Crippen molar-refractivity contribution in [2.75, 3.05) is 18.1 Å². The van der Waals surface area contributed by atoms with Gasteiger partial charge in [0.25, 0.3) is 0 Å². The average molecular weight is 263 g/mol. The number of carboxylic acid groups (broad SMARTS) is 1. The van der Waals surface area contributed by atoms with E-state index in [0.717, 1.165) is 0 Å². The van der Waals surface area contributed by atoms with Crippen LogP contribution in [0.5, 0.6) is 0 Å². The molecule has 1 heterocycles. The minimum Gasteiger partial charge on any atom is -0.481 e. The van der Waals surface area contributed by atoms with Gasteiger partial charge in [-0.25, -0.2) is 4.79 Å². The zero-order valence-corrected chi connectivity index (χ0v) is 10.3. The first kappa shape index (κ1) is 13.1. The van der Waals surface area contributed by atoms with Crippen LogP contribution in [0.3, 0.4) is 0 Å². The summed E-state index contributed by atoms with van der Waals surface area (Å²) in [4.78, 5) is 35.0. The highest BCUT2D eigenvalue weighted by molar-refractivity contribution is 5.95. The van der Waals surface area contributed by atoms with E-state index in [0.29, 0.717) is 11.3 Å². The van der Waals surface area contributed by atoms with Crippen molar-refractivity contribution in [1.29, 1.82) is 0 Å². The van der Waals surface area contributed by atoms with Crippen molar-refractivity contribution < 1.29 is 24.2 Å². The zero-order chi connectivity index (χ0) is 14.0. The van der Waals surface area contributed by atoms with E-state index in [-0.39, 0.29) is 18.9 Å². The fraction of sp³-hybridized carbons (Fsp3) is 0.308. The molecule has 2 rings (SSSR count). The van der Waals surface area contributed by atoms with Crippen LogP contribution in [0.1, 0.15) is 17.3 Å². The first-order valence-electron chi connectivity index (χ1n) is 5.77. The average Bonchev–Trinajstić information content (AvgIpc) is 2.39. The summed E-state index contributed by atoms with van der Waals surface area (Å²) >= 11 is 0. The zero-order valence-electron chi connectivity index (χ0n) is 10.3. The Morgan fingerprint density at radius 3 is 2.47 bits per heavy atom. The van der Waals surface area contributed by atoms with Gasteiger partial charge in [-0.1, -0.05) is 0 Å². The lowest BCUT2D eigenvalue weighted by Gasteiger charge is -2.30. The summed E-state index contributed by atoms with van der Waals surface area (Å²) in [5.74, 6) is -1.82. The summed E-state index contributed by atoms with van der Waals surface area (Å²) < 4.78 is 4.84. The number of ketones is 1. The van der Waals surface area contributed by atoms with Gasteiger partial charge >= 0.3 is 12.1 Å². The van der Waals surface area contributed by atoms with Gasteiger partial charge in [0, 0.05) is 17.8 Å². The molecular formula is C13H13NO5. The number of hydrogen-bond acceptors (Lipinski definition) is 4. The van der Waals surface area contributed by atoms with E-state index in [1.807, 2.05) is 0 Å². The molecule has 1 aromatic rings. The van der Waals surface area contributed by atoms with E-state index >= 15 is 0 Å². The van der Waals surface area contributed by atoms with Crippen LogP contribution in [0.4, 0.5) is 10.5 Å². The molecule has 1 aliphatic heterocycles. The van der Waals surface area contributed by atoms with E-state index < -0.39 is 18.0 Å². The first-order chi connectivity index (χ1) is 8.99. The van der Waals surface area contributed by atoms with E-state index in [1.165, 1.54) is 11.8 Å². The molecule has 1 N–H and O–H groups in total. The van der Waals surface area contributed by atoms with Gasteiger partial charge in [-0.05, 0) is 31.2 Å². The number of anilines is 1. The minimum atomic E-state index is -1.00. The van der Waals surface area contributed by atoms with Crippen LogP contribution in [-0.4, -0.2) is 36.1 Å². The molecule has 0 bridgehead atoms. The predicted molar refractivity (Wildman–Crippen MR) is 66.3 cm³/mol. The lowest BCUT2D eigenvalue weighted by Crippen LogP contribution is -2.45. The van der Waals surface area contributed by atoms with Gasteiger partial charge in [0.1, 0.15) is 12.5 Å². The Morgan fingerprint density at radius 1 is 1.32 bits per heavy atom. The lowest BCUT2D eigenvalue weighted by molar-refractivity contribution is -0.143. The molecule has 1 saturated heterocycles. The molecular weight excluding hydrogens is 250 g/mol. The molecule has 0 radical (unpaired) electrons. The van der Waals surface area contributed by atoms with Crippen LogP contribution in [0.2, 0.25) is 0 Å². The third kappa shape index (κ3) is 2.73. The number of hydrogen-bond donors (Lipinski definition) is 1. The summed E-state index contributed by atoms with van der Waals surface area (Å²) in [6, 6.07) is 6.38. The molecule has 19 heavy (non-hydrogen) atoms. The second-order valence-electron chi connectivity index (χ2n) is 4.33. The maximum atomic E-state index is 11.6.